The summed E-state index contributed by atoms with van der Waals surface area (Å²) in [6.45, 7) is 1.89. The van der Waals surface area contributed by atoms with E-state index in [4.69, 9.17) is 4.74 Å². The third-order valence-corrected chi connectivity index (χ3v) is 3.29. The number of piperidine rings is 1. The van der Waals surface area contributed by atoms with E-state index in [1.54, 1.807) is 4.90 Å². The van der Waals surface area contributed by atoms with Crippen LogP contribution in [0.3, 0.4) is 0 Å². The second-order valence-electron chi connectivity index (χ2n) is 4.61. The van der Waals surface area contributed by atoms with Crippen LogP contribution in [0.25, 0.3) is 0 Å². The Bertz CT molecular complexity index is 381. The fourth-order valence-electron chi connectivity index (χ4n) is 2.19. The van der Waals surface area contributed by atoms with Gasteiger partial charge in [-0.2, -0.15) is 0 Å². The summed E-state index contributed by atoms with van der Waals surface area (Å²) >= 11 is 0. The van der Waals surface area contributed by atoms with E-state index in [-0.39, 0.29) is 6.09 Å². The minimum absolute atomic E-state index is 0.209. The number of nitrogens with zero attached hydrogens (tertiary/aromatic N) is 1. The molecule has 1 atom stereocenters. The summed E-state index contributed by atoms with van der Waals surface area (Å²) in [6.07, 6.45) is 1.95. The fourth-order valence-corrected chi connectivity index (χ4v) is 2.19. The first-order chi connectivity index (χ1) is 8.79. The van der Waals surface area contributed by atoms with Crippen molar-refractivity contribution in [3.05, 3.63) is 35.9 Å². The largest absolute Gasteiger partial charge is 0.445 e. The quantitative estimate of drug-likeness (QED) is 0.889. The second-order valence-corrected chi connectivity index (χ2v) is 4.61. The van der Waals surface area contributed by atoms with Crippen LogP contribution in [0.4, 0.5) is 4.79 Å². The fraction of sp³-hybridized carbons (Fsp3) is 0.500. The molecule has 0 aromatic heterocycles. The molecule has 1 aliphatic rings. The monoisotopic (exact) mass is 248 g/mol. The number of hydrogen-bond donors (Lipinski definition) is 1. The standard InChI is InChI=1S/C14H20N2O2/c1-15-13-8-5-9-16(10-13)14(17)18-11-12-6-3-2-4-7-12/h2-4,6-7,13,15H,5,8-11H2,1H3/t13-/m1/s1. The van der Waals surface area contributed by atoms with Crippen molar-refractivity contribution >= 4 is 6.09 Å². The molecule has 1 fully saturated rings. The van der Waals surface area contributed by atoms with Crippen molar-refractivity contribution in [2.24, 2.45) is 0 Å². The molecule has 4 heteroatoms. The Hall–Kier alpha value is -1.55. The number of likely N-dealkylation sites (N-methyl/N-ethyl adjacent to an activating group) is 1. The Morgan fingerprint density at radius 2 is 2.22 bits per heavy atom. The highest BCUT2D eigenvalue weighted by molar-refractivity contribution is 5.67. The van der Waals surface area contributed by atoms with E-state index in [2.05, 4.69) is 5.32 Å². The summed E-state index contributed by atoms with van der Waals surface area (Å²) in [7, 11) is 1.93. The Labute approximate surface area is 108 Å². The second kappa shape index (κ2) is 6.40. The van der Waals surface area contributed by atoms with Crippen LogP contribution in [-0.4, -0.2) is 37.2 Å². The minimum Gasteiger partial charge on any atom is -0.445 e. The molecule has 4 nitrogen and oxygen atoms in total. The zero-order valence-corrected chi connectivity index (χ0v) is 10.8. The van der Waals surface area contributed by atoms with Gasteiger partial charge in [0.25, 0.3) is 0 Å². The van der Waals surface area contributed by atoms with Crippen LogP contribution in [0.1, 0.15) is 18.4 Å². The van der Waals surface area contributed by atoms with Crippen LogP contribution in [0.2, 0.25) is 0 Å². The van der Waals surface area contributed by atoms with Gasteiger partial charge in [-0.25, -0.2) is 4.79 Å². The molecule has 1 N–H and O–H groups in total. The average molecular weight is 248 g/mol. The zero-order chi connectivity index (χ0) is 12.8. The summed E-state index contributed by atoms with van der Waals surface area (Å²) in [5.41, 5.74) is 1.02. The van der Waals surface area contributed by atoms with Gasteiger partial charge in [0.05, 0.1) is 0 Å². The van der Waals surface area contributed by atoms with Gasteiger partial charge in [-0.05, 0) is 25.5 Å². The maximum atomic E-state index is 11.9. The highest BCUT2D eigenvalue weighted by Gasteiger charge is 2.23. The lowest BCUT2D eigenvalue weighted by atomic mass is 10.1. The number of rotatable bonds is 3. The molecule has 98 valence electrons. The summed E-state index contributed by atoms with van der Waals surface area (Å²) in [4.78, 5) is 13.7. The van der Waals surface area contributed by atoms with Crippen LogP contribution in [-0.2, 0) is 11.3 Å². The first-order valence-corrected chi connectivity index (χ1v) is 6.42. The van der Waals surface area contributed by atoms with E-state index >= 15 is 0 Å². The van der Waals surface area contributed by atoms with Crippen LogP contribution >= 0.6 is 0 Å². The van der Waals surface area contributed by atoms with Crippen LogP contribution in [0, 0.1) is 0 Å². The molecule has 0 unspecified atom stereocenters. The van der Waals surface area contributed by atoms with Gasteiger partial charge in [-0.15, -0.1) is 0 Å². The molecule has 2 rings (SSSR count). The van der Waals surface area contributed by atoms with Crippen molar-refractivity contribution < 1.29 is 9.53 Å². The van der Waals surface area contributed by atoms with Gasteiger partial charge in [0.1, 0.15) is 6.61 Å². The van der Waals surface area contributed by atoms with Gasteiger partial charge in [0, 0.05) is 19.1 Å². The lowest BCUT2D eigenvalue weighted by molar-refractivity contribution is 0.0840. The molecular formula is C14H20N2O2. The molecule has 1 heterocycles. The van der Waals surface area contributed by atoms with E-state index < -0.39 is 0 Å². The van der Waals surface area contributed by atoms with E-state index in [1.165, 1.54) is 0 Å². The maximum Gasteiger partial charge on any atom is 0.410 e. The predicted octanol–water partition coefficient (Wildman–Crippen LogP) is 2.01. The highest BCUT2D eigenvalue weighted by atomic mass is 16.6. The Morgan fingerprint density at radius 1 is 1.44 bits per heavy atom. The maximum absolute atomic E-state index is 11.9. The summed E-state index contributed by atoms with van der Waals surface area (Å²) < 4.78 is 5.32. The molecular weight excluding hydrogens is 228 g/mol. The summed E-state index contributed by atoms with van der Waals surface area (Å²) in [5, 5.41) is 3.21. The number of amides is 1. The first kappa shape index (κ1) is 12.9. The molecule has 1 aromatic carbocycles. The Kier molecular flexibility index (Phi) is 4.59. The zero-order valence-electron chi connectivity index (χ0n) is 10.8. The number of nitrogens with one attached hydrogen (secondary N) is 1. The number of benzene rings is 1. The Balaban J connectivity index is 1.81. The van der Waals surface area contributed by atoms with Crippen LogP contribution in [0.5, 0.6) is 0 Å². The minimum atomic E-state index is -0.209. The lowest BCUT2D eigenvalue weighted by Crippen LogP contribution is -2.47. The van der Waals surface area contributed by atoms with Gasteiger partial charge in [0.15, 0.2) is 0 Å². The predicted molar refractivity (Wildman–Crippen MR) is 70.3 cm³/mol. The van der Waals surface area contributed by atoms with E-state index in [0.717, 1.165) is 31.5 Å². The van der Waals surface area contributed by atoms with Gasteiger partial charge < -0.3 is 15.0 Å². The molecule has 0 bridgehead atoms. The molecule has 1 amide bonds. The molecule has 1 saturated heterocycles. The van der Waals surface area contributed by atoms with Crippen molar-refractivity contribution in [3.8, 4) is 0 Å². The van der Waals surface area contributed by atoms with E-state index in [9.17, 15) is 4.79 Å². The first-order valence-electron chi connectivity index (χ1n) is 6.42. The van der Waals surface area contributed by atoms with Crippen molar-refractivity contribution in [1.29, 1.82) is 0 Å². The summed E-state index contributed by atoms with van der Waals surface area (Å²) in [5.74, 6) is 0. The number of carbonyl (C=O) groups excluding carboxylic acids is 1. The number of ether oxygens (including phenoxy) is 1. The molecule has 1 aromatic rings. The highest BCUT2D eigenvalue weighted by Crippen LogP contribution is 2.11. The third-order valence-electron chi connectivity index (χ3n) is 3.29. The molecule has 18 heavy (non-hydrogen) atoms. The van der Waals surface area contributed by atoms with Crippen molar-refractivity contribution in [2.75, 3.05) is 20.1 Å². The smallest absolute Gasteiger partial charge is 0.410 e. The van der Waals surface area contributed by atoms with Crippen molar-refractivity contribution in [3.63, 3.8) is 0 Å². The van der Waals surface area contributed by atoms with E-state index in [0.29, 0.717) is 12.6 Å². The van der Waals surface area contributed by atoms with Gasteiger partial charge >= 0.3 is 6.09 Å². The topological polar surface area (TPSA) is 41.6 Å². The summed E-state index contributed by atoms with van der Waals surface area (Å²) in [6, 6.07) is 10.2. The molecule has 0 saturated carbocycles. The Morgan fingerprint density at radius 3 is 2.94 bits per heavy atom. The number of carbonyl (C=O) groups is 1. The number of likely N-dealkylation sites (tertiary alicyclic amines) is 1. The van der Waals surface area contributed by atoms with E-state index in [1.807, 2.05) is 37.4 Å². The van der Waals surface area contributed by atoms with Crippen molar-refractivity contribution in [2.45, 2.75) is 25.5 Å². The van der Waals surface area contributed by atoms with Crippen LogP contribution in [0.15, 0.2) is 30.3 Å². The molecule has 0 aliphatic carbocycles. The average Bonchev–Trinajstić information content (AvgIpc) is 2.46. The molecule has 1 aliphatic heterocycles. The third kappa shape index (κ3) is 3.47. The lowest BCUT2D eigenvalue weighted by Gasteiger charge is -2.31. The van der Waals surface area contributed by atoms with Gasteiger partial charge in [0.2, 0.25) is 0 Å². The molecule has 0 radical (unpaired) electrons. The number of hydrogen-bond acceptors (Lipinski definition) is 3. The molecule has 0 spiro atoms. The SMILES string of the molecule is CN[C@@H]1CCCN(C(=O)OCc2ccccc2)C1. The van der Waals surface area contributed by atoms with Gasteiger partial charge in [-0.1, -0.05) is 30.3 Å². The van der Waals surface area contributed by atoms with Crippen molar-refractivity contribution in [1.82, 2.24) is 10.2 Å². The van der Waals surface area contributed by atoms with Crippen LogP contribution < -0.4 is 5.32 Å². The normalized spacial score (nSPS) is 19.6. The van der Waals surface area contributed by atoms with Gasteiger partial charge in [-0.3, -0.25) is 0 Å².